The van der Waals surface area contributed by atoms with Crippen LogP contribution in [0.5, 0.6) is 0 Å². The average molecular weight is 238 g/mol. The van der Waals surface area contributed by atoms with Crippen LogP contribution in [0, 0.1) is 5.41 Å². The Kier molecular flexibility index (Phi) is 4.38. The molecule has 0 saturated heterocycles. The SMILES string of the molecule is CC(C)(C)C=NCC(C)(F)CBr. The van der Waals surface area contributed by atoms with Gasteiger partial charge in [-0.2, -0.15) is 0 Å². The molecule has 1 nitrogen and oxygen atoms in total. The van der Waals surface area contributed by atoms with Crippen LogP contribution in [0.4, 0.5) is 4.39 Å². The Hall–Kier alpha value is 0.0800. The number of hydrogen-bond acceptors (Lipinski definition) is 1. The van der Waals surface area contributed by atoms with Crippen molar-refractivity contribution in [2.45, 2.75) is 33.4 Å². The minimum absolute atomic E-state index is 0.0440. The molecule has 3 heteroatoms. The van der Waals surface area contributed by atoms with Crippen molar-refractivity contribution < 1.29 is 4.39 Å². The first kappa shape index (κ1) is 12.1. The van der Waals surface area contributed by atoms with Gasteiger partial charge in [-0.05, 0) is 12.3 Å². The monoisotopic (exact) mass is 237 g/mol. The van der Waals surface area contributed by atoms with Gasteiger partial charge in [0.25, 0.3) is 0 Å². The molecule has 0 amide bonds. The molecule has 0 fully saturated rings. The van der Waals surface area contributed by atoms with E-state index in [1.807, 2.05) is 20.8 Å². The molecule has 0 heterocycles. The summed E-state index contributed by atoms with van der Waals surface area (Å²) in [5.41, 5.74) is -1.18. The predicted octanol–water partition coefficient (Wildman–Crippen LogP) is 3.23. The lowest BCUT2D eigenvalue weighted by molar-refractivity contribution is 0.237. The Morgan fingerprint density at radius 2 is 1.83 bits per heavy atom. The van der Waals surface area contributed by atoms with E-state index in [4.69, 9.17) is 0 Å². The standard InChI is InChI=1S/C9H17BrFN/c1-8(2,3)6-12-7-9(4,11)5-10/h6H,5,7H2,1-4H3. The van der Waals surface area contributed by atoms with Crippen LogP contribution in [-0.2, 0) is 0 Å². The van der Waals surface area contributed by atoms with E-state index in [1.165, 1.54) is 0 Å². The van der Waals surface area contributed by atoms with E-state index in [9.17, 15) is 4.39 Å². The molecular weight excluding hydrogens is 221 g/mol. The second-order valence-electron chi connectivity index (χ2n) is 4.38. The summed E-state index contributed by atoms with van der Waals surface area (Å²) in [6.45, 7) is 7.90. The molecule has 1 atom stereocenters. The third-order valence-corrected chi connectivity index (χ3v) is 2.35. The highest BCUT2D eigenvalue weighted by Crippen LogP contribution is 2.15. The topological polar surface area (TPSA) is 12.4 Å². The van der Waals surface area contributed by atoms with Gasteiger partial charge in [0.15, 0.2) is 0 Å². The second kappa shape index (κ2) is 4.35. The summed E-state index contributed by atoms with van der Waals surface area (Å²) < 4.78 is 13.2. The van der Waals surface area contributed by atoms with Crippen LogP contribution in [0.3, 0.4) is 0 Å². The zero-order valence-corrected chi connectivity index (χ0v) is 9.78. The molecule has 0 rings (SSSR count). The van der Waals surface area contributed by atoms with Gasteiger partial charge in [-0.25, -0.2) is 4.39 Å². The van der Waals surface area contributed by atoms with Gasteiger partial charge in [-0.15, -0.1) is 0 Å². The fraction of sp³-hybridized carbons (Fsp3) is 0.889. The zero-order chi connectivity index (χ0) is 9.83. The summed E-state index contributed by atoms with van der Waals surface area (Å²) in [5.74, 6) is 0. The molecule has 0 radical (unpaired) electrons. The summed E-state index contributed by atoms with van der Waals surface area (Å²) in [6, 6.07) is 0. The number of aliphatic imine (C=N–C) groups is 1. The first-order valence-electron chi connectivity index (χ1n) is 4.03. The van der Waals surface area contributed by atoms with Crippen molar-refractivity contribution in [1.82, 2.24) is 0 Å². The summed E-state index contributed by atoms with van der Waals surface area (Å²) in [7, 11) is 0. The third kappa shape index (κ3) is 6.77. The lowest BCUT2D eigenvalue weighted by Gasteiger charge is -2.15. The van der Waals surface area contributed by atoms with Crippen LogP contribution in [0.1, 0.15) is 27.7 Å². The second-order valence-corrected chi connectivity index (χ2v) is 4.94. The van der Waals surface area contributed by atoms with Gasteiger partial charge >= 0.3 is 0 Å². The molecule has 0 aliphatic heterocycles. The maximum absolute atomic E-state index is 13.2. The van der Waals surface area contributed by atoms with E-state index in [0.29, 0.717) is 5.33 Å². The largest absolute Gasteiger partial charge is 0.294 e. The highest BCUT2D eigenvalue weighted by Gasteiger charge is 2.20. The quantitative estimate of drug-likeness (QED) is 0.528. The molecule has 0 saturated carbocycles. The van der Waals surface area contributed by atoms with Gasteiger partial charge in [0.2, 0.25) is 0 Å². The smallest absolute Gasteiger partial charge is 0.137 e. The van der Waals surface area contributed by atoms with Crippen molar-refractivity contribution in [2.24, 2.45) is 10.4 Å². The maximum Gasteiger partial charge on any atom is 0.137 e. The molecule has 0 aromatic rings. The highest BCUT2D eigenvalue weighted by atomic mass is 79.9. The zero-order valence-electron chi connectivity index (χ0n) is 8.19. The van der Waals surface area contributed by atoms with Gasteiger partial charge in [-0.3, -0.25) is 4.99 Å². The van der Waals surface area contributed by atoms with Crippen molar-refractivity contribution in [3.8, 4) is 0 Å². The van der Waals surface area contributed by atoms with Gasteiger partial charge < -0.3 is 0 Å². The normalized spacial score (nSPS) is 18.2. The van der Waals surface area contributed by atoms with Gasteiger partial charge in [0.1, 0.15) is 5.67 Å². The molecule has 72 valence electrons. The van der Waals surface area contributed by atoms with E-state index in [0.717, 1.165) is 0 Å². The molecule has 0 bridgehead atoms. The Balaban J connectivity index is 3.91. The van der Waals surface area contributed by atoms with Crippen LogP contribution in [-0.4, -0.2) is 23.8 Å². The van der Waals surface area contributed by atoms with Crippen molar-refractivity contribution in [1.29, 1.82) is 0 Å². The van der Waals surface area contributed by atoms with E-state index in [-0.39, 0.29) is 12.0 Å². The van der Waals surface area contributed by atoms with E-state index in [2.05, 4.69) is 20.9 Å². The van der Waals surface area contributed by atoms with Crippen LogP contribution < -0.4 is 0 Å². The molecule has 0 aliphatic carbocycles. The summed E-state index contributed by atoms with van der Waals surface area (Å²) in [5, 5.41) is 0.335. The first-order valence-corrected chi connectivity index (χ1v) is 5.15. The van der Waals surface area contributed by atoms with Crippen molar-refractivity contribution in [3.63, 3.8) is 0 Å². The molecule has 1 unspecified atom stereocenters. The number of alkyl halides is 2. The Labute approximate surface area is 82.6 Å². The molecular formula is C9H17BrFN. The molecule has 0 spiro atoms. The Bertz CT molecular complexity index is 158. The molecule has 0 aromatic carbocycles. The highest BCUT2D eigenvalue weighted by molar-refractivity contribution is 9.09. The molecule has 0 aromatic heterocycles. The van der Waals surface area contributed by atoms with Crippen molar-refractivity contribution in [3.05, 3.63) is 0 Å². The van der Waals surface area contributed by atoms with E-state index in [1.54, 1.807) is 13.1 Å². The van der Waals surface area contributed by atoms with Crippen molar-refractivity contribution in [2.75, 3.05) is 11.9 Å². The average Bonchev–Trinajstić information content (AvgIpc) is 1.84. The minimum Gasteiger partial charge on any atom is -0.294 e. The van der Waals surface area contributed by atoms with Gasteiger partial charge in [-0.1, -0.05) is 36.7 Å². The van der Waals surface area contributed by atoms with Crippen molar-refractivity contribution >= 4 is 22.1 Å². The summed E-state index contributed by atoms with van der Waals surface area (Å²) >= 11 is 3.10. The number of hydrogen-bond donors (Lipinski definition) is 0. The molecule has 0 N–H and O–H groups in total. The Morgan fingerprint density at radius 3 is 2.17 bits per heavy atom. The number of rotatable bonds is 3. The fourth-order valence-corrected chi connectivity index (χ4v) is 0.729. The van der Waals surface area contributed by atoms with Crippen LogP contribution in [0.25, 0.3) is 0 Å². The maximum atomic E-state index is 13.2. The van der Waals surface area contributed by atoms with Crippen LogP contribution in [0.2, 0.25) is 0 Å². The predicted molar refractivity (Wildman–Crippen MR) is 56.1 cm³/mol. The molecule has 0 aliphatic rings. The summed E-state index contributed by atoms with van der Waals surface area (Å²) in [4.78, 5) is 4.06. The minimum atomic E-state index is -1.22. The number of halogens is 2. The fourth-order valence-electron chi connectivity index (χ4n) is 0.552. The number of nitrogens with zero attached hydrogens (tertiary/aromatic N) is 1. The Morgan fingerprint density at radius 1 is 1.33 bits per heavy atom. The van der Waals surface area contributed by atoms with Gasteiger partial charge in [0, 0.05) is 11.5 Å². The van der Waals surface area contributed by atoms with Crippen LogP contribution >= 0.6 is 15.9 Å². The van der Waals surface area contributed by atoms with Crippen LogP contribution in [0.15, 0.2) is 4.99 Å². The first-order chi connectivity index (χ1) is 5.27. The third-order valence-electron chi connectivity index (χ3n) is 1.18. The lowest BCUT2D eigenvalue weighted by atomic mass is 9.99. The van der Waals surface area contributed by atoms with E-state index < -0.39 is 5.67 Å². The summed E-state index contributed by atoms with van der Waals surface area (Å²) in [6.07, 6.45) is 1.80. The molecule has 12 heavy (non-hydrogen) atoms. The van der Waals surface area contributed by atoms with E-state index >= 15 is 0 Å². The lowest BCUT2D eigenvalue weighted by Crippen LogP contribution is -2.24. The van der Waals surface area contributed by atoms with Gasteiger partial charge in [0.05, 0.1) is 6.54 Å².